The normalized spacial score (nSPS) is 11.6. The fourth-order valence-electron chi connectivity index (χ4n) is 1.00. The lowest BCUT2D eigenvalue weighted by Crippen LogP contribution is -2.31. The first-order chi connectivity index (χ1) is 8.08. The Hall–Kier alpha value is -1.69. The summed E-state index contributed by atoms with van der Waals surface area (Å²) in [4.78, 5) is 26.9. The minimum Gasteiger partial charge on any atom is -0.461 e. The van der Waals surface area contributed by atoms with Crippen LogP contribution in [0.15, 0.2) is 18.0 Å². The van der Waals surface area contributed by atoms with Crippen molar-refractivity contribution >= 4 is 23.2 Å². The fourth-order valence-corrected chi connectivity index (χ4v) is 1.69. The Morgan fingerprint density at radius 3 is 3.00 bits per heavy atom. The molecule has 0 aliphatic heterocycles. The first-order valence-corrected chi connectivity index (χ1v) is 6.02. The van der Waals surface area contributed by atoms with Gasteiger partial charge in [0.15, 0.2) is 0 Å². The van der Waals surface area contributed by atoms with Crippen molar-refractivity contribution in [1.29, 1.82) is 0 Å². The molecule has 0 saturated carbocycles. The maximum Gasteiger partial charge on any atom is 0.367 e. The van der Waals surface area contributed by atoms with E-state index in [0.29, 0.717) is 0 Å². The van der Waals surface area contributed by atoms with E-state index < -0.39 is 5.97 Å². The Balaban J connectivity index is 2.70. The van der Waals surface area contributed by atoms with Crippen LogP contribution in [-0.2, 0) is 4.74 Å². The van der Waals surface area contributed by atoms with Gasteiger partial charge in [-0.25, -0.2) is 9.78 Å². The third-order valence-electron chi connectivity index (χ3n) is 1.90. The minimum absolute atomic E-state index is 0.143. The Kier molecular flexibility index (Phi) is 4.84. The van der Waals surface area contributed by atoms with Gasteiger partial charge in [-0.15, -0.1) is 17.9 Å². The smallest absolute Gasteiger partial charge is 0.367 e. The van der Waals surface area contributed by atoms with E-state index in [1.165, 1.54) is 5.38 Å². The maximum absolute atomic E-state index is 11.6. The van der Waals surface area contributed by atoms with Gasteiger partial charge in [0.25, 0.3) is 5.91 Å². The van der Waals surface area contributed by atoms with Crippen molar-refractivity contribution in [3.05, 3.63) is 28.7 Å². The summed E-state index contributed by atoms with van der Waals surface area (Å²) >= 11 is 1.09. The molecule has 1 N–H and O–H groups in total. The molecule has 5 nitrogen and oxygen atoms in total. The highest BCUT2D eigenvalue weighted by atomic mass is 32.1. The molecule has 0 radical (unpaired) electrons. The highest BCUT2D eigenvalue weighted by molar-refractivity contribution is 7.11. The lowest BCUT2D eigenvalue weighted by atomic mass is 10.3. The highest BCUT2D eigenvalue weighted by Crippen LogP contribution is 2.11. The molecule has 17 heavy (non-hydrogen) atoms. The van der Waals surface area contributed by atoms with Gasteiger partial charge in [0.2, 0.25) is 5.01 Å². The van der Waals surface area contributed by atoms with E-state index in [4.69, 9.17) is 4.74 Å². The van der Waals surface area contributed by atoms with E-state index in [2.05, 4.69) is 16.9 Å². The van der Waals surface area contributed by atoms with Crippen molar-refractivity contribution in [2.24, 2.45) is 0 Å². The molecule has 0 saturated heterocycles. The van der Waals surface area contributed by atoms with Crippen LogP contribution >= 0.6 is 11.3 Å². The van der Waals surface area contributed by atoms with Crippen LogP contribution in [0, 0.1) is 0 Å². The Labute approximate surface area is 104 Å². The number of thiazole rings is 1. The number of carbonyl (C=O) groups excluding carboxylic acids is 2. The molecule has 0 aromatic carbocycles. The second kappa shape index (κ2) is 6.15. The number of carbonyl (C=O) groups is 2. The van der Waals surface area contributed by atoms with Crippen LogP contribution in [0.3, 0.4) is 0 Å². The topological polar surface area (TPSA) is 68.3 Å². The predicted octanol–water partition coefficient (Wildman–Crippen LogP) is 1.62. The zero-order valence-corrected chi connectivity index (χ0v) is 10.5. The zero-order chi connectivity index (χ0) is 12.8. The van der Waals surface area contributed by atoms with Crippen LogP contribution in [0.5, 0.6) is 0 Å². The summed E-state index contributed by atoms with van der Waals surface area (Å²) in [6.45, 7) is 7.35. The summed E-state index contributed by atoms with van der Waals surface area (Å²) in [7, 11) is 0. The maximum atomic E-state index is 11.6. The molecule has 1 atom stereocenters. The van der Waals surface area contributed by atoms with E-state index in [9.17, 15) is 9.59 Å². The molecule has 1 heterocycles. The zero-order valence-electron chi connectivity index (χ0n) is 9.73. The second-order valence-electron chi connectivity index (χ2n) is 3.26. The van der Waals surface area contributed by atoms with Crippen LogP contribution < -0.4 is 5.32 Å². The highest BCUT2D eigenvalue weighted by Gasteiger charge is 2.16. The Morgan fingerprint density at radius 1 is 1.71 bits per heavy atom. The molecule has 0 spiro atoms. The average molecular weight is 254 g/mol. The number of hydrogen-bond acceptors (Lipinski definition) is 5. The van der Waals surface area contributed by atoms with Crippen LogP contribution in [-0.4, -0.2) is 29.5 Å². The van der Waals surface area contributed by atoms with Gasteiger partial charge in [0, 0.05) is 11.4 Å². The minimum atomic E-state index is -0.506. The summed E-state index contributed by atoms with van der Waals surface area (Å²) in [5, 5.41) is 4.37. The van der Waals surface area contributed by atoms with Crippen LogP contribution in [0.1, 0.15) is 34.1 Å². The Morgan fingerprint density at radius 2 is 2.41 bits per heavy atom. The molecule has 1 unspecified atom stereocenters. The summed E-state index contributed by atoms with van der Waals surface area (Å²) < 4.78 is 4.78. The Bertz CT molecular complexity index is 428. The molecule has 0 bridgehead atoms. The summed E-state index contributed by atoms with van der Waals surface area (Å²) in [6, 6.07) is -0.143. The first kappa shape index (κ1) is 13.4. The van der Waals surface area contributed by atoms with Crippen molar-refractivity contribution in [3.63, 3.8) is 0 Å². The van der Waals surface area contributed by atoms with Gasteiger partial charge in [0.05, 0.1) is 6.61 Å². The van der Waals surface area contributed by atoms with Crippen LogP contribution in [0.4, 0.5) is 0 Å². The van der Waals surface area contributed by atoms with Gasteiger partial charge in [-0.2, -0.15) is 0 Å². The standard InChI is InChI=1S/C11H14N2O3S/c1-4-7(3)12-9(14)8-6-17-10(13-8)11(15)16-5-2/h4,6-7H,1,5H2,2-3H3,(H,12,14). The molecule has 1 aromatic heterocycles. The third-order valence-corrected chi connectivity index (χ3v) is 2.72. The summed E-state index contributed by atoms with van der Waals surface area (Å²) in [5.74, 6) is -0.836. The number of rotatable bonds is 5. The molecule has 92 valence electrons. The number of aromatic nitrogens is 1. The monoisotopic (exact) mass is 254 g/mol. The van der Waals surface area contributed by atoms with Crippen molar-refractivity contribution in [1.82, 2.24) is 10.3 Å². The van der Waals surface area contributed by atoms with Crippen molar-refractivity contribution in [2.45, 2.75) is 19.9 Å². The van der Waals surface area contributed by atoms with Gasteiger partial charge >= 0.3 is 5.97 Å². The number of ether oxygens (including phenoxy) is 1. The quantitative estimate of drug-likeness (QED) is 0.640. The SMILES string of the molecule is C=CC(C)NC(=O)c1csc(C(=O)OCC)n1. The molecule has 1 amide bonds. The largest absolute Gasteiger partial charge is 0.461 e. The van der Waals surface area contributed by atoms with Crippen molar-refractivity contribution in [2.75, 3.05) is 6.61 Å². The average Bonchev–Trinajstić information content (AvgIpc) is 2.78. The van der Waals surface area contributed by atoms with E-state index >= 15 is 0 Å². The lowest BCUT2D eigenvalue weighted by molar-refractivity contribution is 0.0526. The molecule has 6 heteroatoms. The van der Waals surface area contributed by atoms with Gasteiger partial charge < -0.3 is 10.1 Å². The third kappa shape index (κ3) is 3.67. The molecule has 0 aliphatic rings. The molecule has 1 aromatic rings. The van der Waals surface area contributed by atoms with Gasteiger partial charge in [-0.1, -0.05) is 6.08 Å². The van der Waals surface area contributed by atoms with Gasteiger partial charge in [0.1, 0.15) is 5.69 Å². The van der Waals surface area contributed by atoms with Gasteiger partial charge in [-0.3, -0.25) is 4.79 Å². The summed E-state index contributed by atoms with van der Waals surface area (Å²) in [5.41, 5.74) is 0.215. The van der Waals surface area contributed by atoms with Crippen LogP contribution in [0.2, 0.25) is 0 Å². The molecular weight excluding hydrogens is 240 g/mol. The number of nitrogens with one attached hydrogen (secondary N) is 1. The molecule has 1 rings (SSSR count). The predicted molar refractivity (Wildman–Crippen MR) is 65.2 cm³/mol. The number of nitrogens with zero attached hydrogens (tertiary/aromatic N) is 1. The van der Waals surface area contributed by atoms with E-state index in [1.54, 1.807) is 19.9 Å². The van der Waals surface area contributed by atoms with Crippen LogP contribution in [0.25, 0.3) is 0 Å². The molecule has 0 aliphatic carbocycles. The van der Waals surface area contributed by atoms with E-state index in [0.717, 1.165) is 11.3 Å². The second-order valence-corrected chi connectivity index (χ2v) is 4.11. The van der Waals surface area contributed by atoms with Crippen molar-refractivity contribution in [3.8, 4) is 0 Å². The molecular formula is C11H14N2O3S. The molecule has 0 fully saturated rings. The summed E-state index contributed by atoms with van der Waals surface area (Å²) in [6.07, 6.45) is 1.61. The number of amides is 1. The van der Waals surface area contributed by atoms with Crippen molar-refractivity contribution < 1.29 is 14.3 Å². The lowest BCUT2D eigenvalue weighted by Gasteiger charge is -2.06. The van der Waals surface area contributed by atoms with Gasteiger partial charge in [-0.05, 0) is 13.8 Å². The number of hydrogen-bond donors (Lipinski definition) is 1. The fraction of sp³-hybridized carbons (Fsp3) is 0.364. The number of esters is 1. The van der Waals surface area contributed by atoms with E-state index in [-0.39, 0.29) is 29.3 Å². The first-order valence-electron chi connectivity index (χ1n) is 5.14. The van der Waals surface area contributed by atoms with E-state index in [1.807, 2.05) is 0 Å².